The van der Waals surface area contributed by atoms with E-state index < -0.39 is 0 Å². The second kappa shape index (κ2) is 9.72. The zero-order valence-electron chi connectivity index (χ0n) is 21.3. The van der Waals surface area contributed by atoms with E-state index in [4.69, 9.17) is 9.84 Å². The van der Waals surface area contributed by atoms with Gasteiger partial charge in [0.15, 0.2) is 5.82 Å². The molecule has 0 N–H and O–H groups in total. The molecule has 0 aliphatic rings. The number of aromatic nitrogens is 5. The van der Waals surface area contributed by atoms with Gasteiger partial charge in [-0.2, -0.15) is 14.6 Å². The lowest BCUT2D eigenvalue weighted by molar-refractivity contribution is 0.340. The summed E-state index contributed by atoms with van der Waals surface area (Å²) >= 11 is 1.32. The molecule has 7 nitrogen and oxygen atoms in total. The van der Waals surface area contributed by atoms with Gasteiger partial charge in [-0.15, -0.1) is 5.10 Å². The number of benzene rings is 3. The van der Waals surface area contributed by atoms with Gasteiger partial charge in [0, 0.05) is 22.9 Å². The Bertz CT molecular complexity index is 1890. The molecule has 0 saturated carbocycles. The van der Waals surface area contributed by atoms with Crippen molar-refractivity contribution < 1.29 is 4.74 Å². The van der Waals surface area contributed by atoms with E-state index in [1.807, 2.05) is 111 Å². The van der Waals surface area contributed by atoms with Crippen LogP contribution in [0, 0.1) is 13.8 Å². The summed E-state index contributed by atoms with van der Waals surface area (Å²) in [6.45, 7) is 6.63. The zero-order valence-corrected chi connectivity index (χ0v) is 22.1. The zero-order chi connectivity index (χ0) is 26.2. The van der Waals surface area contributed by atoms with Crippen LogP contribution in [0.2, 0.25) is 0 Å². The van der Waals surface area contributed by atoms with Crippen LogP contribution in [0.3, 0.4) is 0 Å². The SMILES string of the molecule is CCOc1ccc(-c2nn(-c3ccccc3)cc2C=c2sc3nc(-c4cccc(C)c4)nn3c2=O)c(C)c1. The Morgan fingerprint density at radius 1 is 0.974 bits per heavy atom. The Morgan fingerprint density at radius 3 is 2.55 bits per heavy atom. The van der Waals surface area contributed by atoms with Crippen LogP contribution in [0.4, 0.5) is 0 Å². The van der Waals surface area contributed by atoms with Crippen molar-refractivity contribution in [3.8, 4) is 34.1 Å². The highest BCUT2D eigenvalue weighted by Crippen LogP contribution is 2.30. The number of thiazole rings is 1. The van der Waals surface area contributed by atoms with Crippen LogP contribution >= 0.6 is 11.3 Å². The van der Waals surface area contributed by atoms with Gasteiger partial charge in [-0.3, -0.25) is 4.79 Å². The summed E-state index contributed by atoms with van der Waals surface area (Å²) in [5.41, 5.74) is 6.38. The van der Waals surface area contributed by atoms with Gasteiger partial charge in [-0.1, -0.05) is 53.3 Å². The fourth-order valence-electron chi connectivity index (χ4n) is 4.45. The van der Waals surface area contributed by atoms with Crippen molar-refractivity contribution in [1.29, 1.82) is 0 Å². The number of aryl methyl sites for hydroxylation is 2. The van der Waals surface area contributed by atoms with Crippen LogP contribution in [0.5, 0.6) is 5.75 Å². The first kappa shape index (κ1) is 23.8. The summed E-state index contributed by atoms with van der Waals surface area (Å²) in [6.07, 6.45) is 3.83. The first-order chi connectivity index (χ1) is 18.5. The second-order valence-electron chi connectivity index (χ2n) is 9.04. The quantitative estimate of drug-likeness (QED) is 0.301. The number of para-hydroxylation sites is 1. The summed E-state index contributed by atoms with van der Waals surface area (Å²) in [7, 11) is 0. The van der Waals surface area contributed by atoms with Crippen molar-refractivity contribution in [2.45, 2.75) is 20.8 Å². The first-order valence-electron chi connectivity index (χ1n) is 12.4. The maximum Gasteiger partial charge on any atom is 0.291 e. The molecule has 0 spiro atoms. The third kappa shape index (κ3) is 4.39. The van der Waals surface area contributed by atoms with Crippen LogP contribution in [0.1, 0.15) is 23.6 Å². The predicted molar refractivity (Wildman–Crippen MR) is 151 cm³/mol. The van der Waals surface area contributed by atoms with E-state index in [1.165, 1.54) is 15.9 Å². The van der Waals surface area contributed by atoms with Crippen LogP contribution in [0.15, 0.2) is 83.8 Å². The fraction of sp³-hybridized carbons (Fsp3) is 0.133. The van der Waals surface area contributed by atoms with Gasteiger partial charge in [0.1, 0.15) is 11.4 Å². The van der Waals surface area contributed by atoms with Crippen molar-refractivity contribution in [3.63, 3.8) is 0 Å². The van der Waals surface area contributed by atoms with Crippen molar-refractivity contribution in [2.75, 3.05) is 6.61 Å². The monoisotopic (exact) mass is 519 g/mol. The Hall–Kier alpha value is -4.56. The minimum absolute atomic E-state index is 0.196. The van der Waals surface area contributed by atoms with Crippen molar-refractivity contribution >= 4 is 22.4 Å². The normalized spacial score (nSPS) is 11.9. The van der Waals surface area contributed by atoms with Crippen LogP contribution in [-0.4, -0.2) is 31.0 Å². The van der Waals surface area contributed by atoms with Crippen molar-refractivity contribution in [1.82, 2.24) is 24.4 Å². The molecule has 6 rings (SSSR count). The number of fused-ring (bicyclic) bond motifs is 1. The van der Waals surface area contributed by atoms with E-state index in [-0.39, 0.29) is 5.56 Å². The largest absolute Gasteiger partial charge is 0.494 e. The van der Waals surface area contributed by atoms with Gasteiger partial charge in [0.2, 0.25) is 4.96 Å². The average Bonchev–Trinajstić information content (AvgIpc) is 3.60. The Labute approximate surface area is 223 Å². The molecule has 0 atom stereocenters. The van der Waals surface area contributed by atoms with Gasteiger partial charge >= 0.3 is 0 Å². The molecule has 0 bridgehead atoms. The molecule has 0 fully saturated rings. The van der Waals surface area contributed by atoms with Gasteiger partial charge < -0.3 is 4.74 Å². The molecule has 8 heteroatoms. The lowest BCUT2D eigenvalue weighted by Gasteiger charge is -2.08. The third-order valence-corrected chi connectivity index (χ3v) is 7.23. The van der Waals surface area contributed by atoms with E-state index in [9.17, 15) is 4.79 Å². The lowest BCUT2D eigenvalue weighted by Crippen LogP contribution is -2.23. The fourth-order valence-corrected chi connectivity index (χ4v) is 5.35. The van der Waals surface area contributed by atoms with E-state index in [0.29, 0.717) is 21.9 Å². The highest BCUT2D eigenvalue weighted by Gasteiger charge is 2.16. The topological polar surface area (TPSA) is 74.3 Å². The molecule has 0 amide bonds. The van der Waals surface area contributed by atoms with Crippen LogP contribution < -0.4 is 14.8 Å². The number of hydrogen-bond acceptors (Lipinski definition) is 6. The number of rotatable bonds is 6. The average molecular weight is 520 g/mol. The smallest absolute Gasteiger partial charge is 0.291 e. The molecule has 6 aromatic rings. The molecule has 0 saturated heterocycles. The predicted octanol–water partition coefficient (Wildman–Crippen LogP) is 5.23. The van der Waals surface area contributed by atoms with Crippen LogP contribution in [0.25, 0.3) is 39.4 Å². The van der Waals surface area contributed by atoms with Crippen molar-refractivity contribution in [3.05, 3.63) is 111 Å². The molecular weight excluding hydrogens is 494 g/mol. The summed E-state index contributed by atoms with van der Waals surface area (Å²) in [4.78, 5) is 18.5. The Balaban J connectivity index is 1.48. The molecule has 3 aromatic heterocycles. The van der Waals surface area contributed by atoms with Crippen molar-refractivity contribution in [2.24, 2.45) is 0 Å². The molecular formula is C30H25N5O2S. The summed E-state index contributed by atoms with van der Waals surface area (Å²) in [6, 6.07) is 23.9. The molecule has 188 valence electrons. The van der Waals surface area contributed by atoms with Gasteiger partial charge in [0.05, 0.1) is 16.8 Å². The van der Waals surface area contributed by atoms with Gasteiger partial charge in [0.25, 0.3) is 5.56 Å². The molecule has 3 aromatic carbocycles. The van der Waals surface area contributed by atoms with E-state index in [0.717, 1.165) is 44.9 Å². The minimum atomic E-state index is -0.196. The molecule has 3 heterocycles. The number of hydrogen-bond donors (Lipinski definition) is 0. The molecule has 0 unspecified atom stereocenters. The highest BCUT2D eigenvalue weighted by atomic mass is 32.1. The van der Waals surface area contributed by atoms with E-state index >= 15 is 0 Å². The lowest BCUT2D eigenvalue weighted by atomic mass is 10.0. The standard InChI is InChI=1S/C30H25N5O2S/c1-4-37-24-13-14-25(20(3)16-24)27-22(18-34(32-27)23-11-6-5-7-12-23)17-26-29(36)35-30(38-26)31-28(33-35)21-10-8-9-19(2)15-21/h5-18H,4H2,1-3H3. The summed E-state index contributed by atoms with van der Waals surface area (Å²) in [5.74, 6) is 1.37. The highest BCUT2D eigenvalue weighted by molar-refractivity contribution is 7.15. The first-order valence-corrected chi connectivity index (χ1v) is 13.2. The summed E-state index contributed by atoms with van der Waals surface area (Å²) in [5, 5.41) is 9.44. The molecule has 38 heavy (non-hydrogen) atoms. The number of ether oxygens (including phenoxy) is 1. The Kier molecular flexibility index (Phi) is 6.09. The van der Waals surface area contributed by atoms with E-state index in [2.05, 4.69) is 10.1 Å². The van der Waals surface area contributed by atoms with Gasteiger partial charge in [-0.05, 0) is 68.8 Å². The van der Waals surface area contributed by atoms with Crippen LogP contribution in [-0.2, 0) is 0 Å². The van der Waals surface area contributed by atoms with E-state index in [1.54, 1.807) is 0 Å². The Morgan fingerprint density at radius 2 is 1.82 bits per heavy atom. The minimum Gasteiger partial charge on any atom is -0.494 e. The maximum atomic E-state index is 13.3. The second-order valence-corrected chi connectivity index (χ2v) is 10.0. The number of nitrogens with zero attached hydrogens (tertiary/aromatic N) is 5. The maximum absolute atomic E-state index is 13.3. The summed E-state index contributed by atoms with van der Waals surface area (Å²) < 4.78 is 9.45. The van der Waals surface area contributed by atoms with Gasteiger partial charge in [-0.25, -0.2) is 4.68 Å². The molecule has 0 aliphatic heterocycles. The third-order valence-electron chi connectivity index (χ3n) is 6.27. The molecule has 0 radical (unpaired) electrons. The molecule has 0 aliphatic carbocycles.